The van der Waals surface area contributed by atoms with E-state index in [0.717, 1.165) is 19.4 Å². The molecule has 1 aliphatic rings. The van der Waals surface area contributed by atoms with E-state index in [-0.39, 0.29) is 22.8 Å². The van der Waals surface area contributed by atoms with Crippen LogP contribution in [0.3, 0.4) is 0 Å². The standard InChI is InChI=1S/C16H24N2O4S/c1-2-13(12-23(20,21)15-8-4-3-5-9-15)18-16(19)17-11-14-7-6-10-22-14/h3-5,8-9,13-14H,2,6-7,10-12H2,1H3,(H2,17,18,19)/t13-,14-/m1/s1. The lowest BCUT2D eigenvalue weighted by molar-refractivity contribution is 0.111. The molecule has 1 saturated heterocycles. The lowest BCUT2D eigenvalue weighted by Gasteiger charge is -2.18. The zero-order chi connectivity index (χ0) is 16.7. The second-order valence-corrected chi connectivity index (χ2v) is 7.72. The molecule has 1 fully saturated rings. The monoisotopic (exact) mass is 340 g/mol. The van der Waals surface area contributed by atoms with Crippen molar-refractivity contribution >= 4 is 15.9 Å². The number of ether oxygens (including phenoxy) is 1. The molecule has 0 radical (unpaired) electrons. The Bertz CT molecular complexity index is 598. The number of hydrogen-bond donors (Lipinski definition) is 2. The fourth-order valence-corrected chi connectivity index (χ4v) is 4.11. The van der Waals surface area contributed by atoms with Crippen LogP contribution in [0.4, 0.5) is 4.79 Å². The van der Waals surface area contributed by atoms with Gasteiger partial charge in [0.05, 0.1) is 16.8 Å². The van der Waals surface area contributed by atoms with Crippen molar-refractivity contribution < 1.29 is 17.9 Å². The summed E-state index contributed by atoms with van der Waals surface area (Å²) in [5.41, 5.74) is 0. The van der Waals surface area contributed by atoms with Gasteiger partial charge in [-0.15, -0.1) is 0 Å². The molecule has 1 aliphatic heterocycles. The lowest BCUT2D eigenvalue weighted by atomic mass is 10.2. The molecule has 2 atom stereocenters. The minimum atomic E-state index is -3.42. The number of benzene rings is 1. The number of carbonyl (C=O) groups is 1. The van der Waals surface area contributed by atoms with Gasteiger partial charge in [0, 0.05) is 19.2 Å². The topological polar surface area (TPSA) is 84.5 Å². The quantitative estimate of drug-likeness (QED) is 0.791. The van der Waals surface area contributed by atoms with E-state index in [0.29, 0.717) is 13.0 Å². The Morgan fingerprint density at radius 2 is 2.09 bits per heavy atom. The number of amides is 2. The van der Waals surface area contributed by atoms with Crippen LogP contribution >= 0.6 is 0 Å². The highest BCUT2D eigenvalue weighted by Crippen LogP contribution is 2.13. The van der Waals surface area contributed by atoms with Gasteiger partial charge in [0.25, 0.3) is 0 Å². The summed E-state index contributed by atoms with van der Waals surface area (Å²) < 4.78 is 30.2. The Morgan fingerprint density at radius 1 is 1.35 bits per heavy atom. The fourth-order valence-electron chi connectivity index (χ4n) is 2.50. The minimum absolute atomic E-state index is 0.0638. The highest BCUT2D eigenvalue weighted by Gasteiger charge is 2.22. The molecule has 0 saturated carbocycles. The smallest absolute Gasteiger partial charge is 0.315 e. The van der Waals surface area contributed by atoms with Crippen molar-refractivity contribution in [2.75, 3.05) is 18.9 Å². The average molecular weight is 340 g/mol. The molecule has 1 aromatic rings. The van der Waals surface area contributed by atoms with E-state index in [1.165, 1.54) is 0 Å². The molecule has 2 amide bonds. The number of sulfone groups is 1. The Morgan fingerprint density at radius 3 is 2.70 bits per heavy atom. The maximum atomic E-state index is 12.4. The molecule has 2 rings (SSSR count). The van der Waals surface area contributed by atoms with Crippen molar-refractivity contribution in [3.05, 3.63) is 30.3 Å². The molecule has 7 heteroatoms. The van der Waals surface area contributed by atoms with Crippen LogP contribution in [-0.2, 0) is 14.6 Å². The van der Waals surface area contributed by atoms with Gasteiger partial charge in [-0.05, 0) is 31.4 Å². The van der Waals surface area contributed by atoms with Crippen molar-refractivity contribution in [2.24, 2.45) is 0 Å². The molecular weight excluding hydrogens is 316 g/mol. The van der Waals surface area contributed by atoms with Crippen LogP contribution in [0.2, 0.25) is 0 Å². The molecule has 6 nitrogen and oxygen atoms in total. The molecule has 0 aliphatic carbocycles. The normalized spacial score (nSPS) is 19.3. The zero-order valence-electron chi connectivity index (χ0n) is 13.3. The van der Waals surface area contributed by atoms with Crippen LogP contribution in [0.5, 0.6) is 0 Å². The van der Waals surface area contributed by atoms with Crippen LogP contribution in [0.1, 0.15) is 26.2 Å². The van der Waals surface area contributed by atoms with Gasteiger partial charge in [-0.2, -0.15) is 0 Å². The van der Waals surface area contributed by atoms with Crippen LogP contribution in [0.25, 0.3) is 0 Å². The maximum absolute atomic E-state index is 12.4. The van der Waals surface area contributed by atoms with Crippen molar-refractivity contribution in [1.29, 1.82) is 0 Å². The first-order valence-corrected chi connectivity index (χ1v) is 9.60. The maximum Gasteiger partial charge on any atom is 0.315 e. The summed E-state index contributed by atoms with van der Waals surface area (Å²) in [6.45, 7) is 3.04. The van der Waals surface area contributed by atoms with E-state index < -0.39 is 15.9 Å². The molecule has 2 N–H and O–H groups in total. The Kier molecular flexibility index (Phi) is 6.41. The van der Waals surface area contributed by atoms with Gasteiger partial charge in [-0.3, -0.25) is 0 Å². The molecule has 0 aromatic heterocycles. The molecule has 1 aromatic carbocycles. The summed E-state index contributed by atoms with van der Waals surface area (Å²) in [4.78, 5) is 12.2. The van der Waals surface area contributed by atoms with Gasteiger partial charge < -0.3 is 15.4 Å². The van der Waals surface area contributed by atoms with E-state index >= 15 is 0 Å². The summed E-state index contributed by atoms with van der Waals surface area (Å²) in [6.07, 6.45) is 2.56. The molecule has 0 bridgehead atoms. The molecule has 1 heterocycles. The first-order chi connectivity index (χ1) is 11.0. The summed E-state index contributed by atoms with van der Waals surface area (Å²) in [5, 5.41) is 5.48. The lowest BCUT2D eigenvalue weighted by Crippen LogP contribution is -2.46. The first kappa shape index (κ1) is 17.7. The van der Waals surface area contributed by atoms with Gasteiger partial charge in [-0.1, -0.05) is 25.1 Å². The van der Waals surface area contributed by atoms with E-state index in [4.69, 9.17) is 4.74 Å². The van der Waals surface area contributed by atoms with Gasteiger partial charge >= 0.3 is 6.03 Å². The third-order valence-electron chi connectivity index (χ3n) is 3.87. The highest BCUT2D eigenvalue weighted by molar-refractivity contribution is 7.91. The van der Waals surface area contributed by atoms with Crippen LogP contribution < -0.4 is 10.6 Å². The van der Waals surface area contributed by atoms with Crippen LogP contribution in [0.15, 0.2) is 35.2 Å². The van der Waals surface area contributed by atoms with E-state index in [2.05, 4.69) is 10.6 Å². The Balaban J connectivity index is 1.85. The Labute approximate surface area is 137 Å². The number of nitrogens with one attached hydrogen (secondary N) is 2. The van der Waals surface area contributed by atoms with Crippen molar-refractivity contribution in [3.8, 4) is 0 Å². The second-order valence-electron chi connectivity index (χ2n) is 5.69. The molecule has 23 heavy (non-hydrogen) atoms. The highest BCUT2D eigenvalue weighted by atomic mass is 32.2. The predicted molar refractivity (Wildman–Crippen MR) is 88.1 cm³/mol. The third-order valence-corrected chi connectivity index (χ3v) is 5.70. The molecular formula is C16H24N2O4S. The van der Waals surface area contributed by atoms with Gasteiger partial charge in [0.1, 0.15) is 0 Å². The van der Waals surface area contributed by atoms with Gasteiger partial charge in [0.15, 0.2) is 9.84 Å². The van der Waals surface area contributed by atoms with Crippen molar-refractivity contribution in [2.45, 2.75) is 43.2 Å². The number of rotatable bonds is 7. The van der Waals surface area contributed by atoms with Gasteiger partial charge in [0.2, 0.25) is 0 Å². The van der Waals surface area contributed by atoms with Crippen LogP contribution in [0, 0.1) is 0 Å². The van der Waals surface area contributed by atoms with Crippen molar-refractivity contribution in [3.63, 3.8) is 0 Å². The summed E-state index contributed by atoms with van der Waals surface area (Å²) in [6, 6.07) is 7.51. The summed E-state index contributed by atoms with van der Waals surface area (Å²) in [5.74, 6) is -0.110. The number of carbonyl (C=O) groups excluding carboxylic acids is 1. The minimum Gasteiger partial charge on any atom is -0.376 e. The first-order valence-electron chi connectivity index (χ1n) is 7.95. The predicted octanol–water partition coefficient (Wildman–Crippen LogP) is 1.72. The fraction of sp³-hybridized carbons (Fsp3) is 0.562. The largest absolute Gasteiger partial charge is 0.376 e. The molecule has 0 unspecified atom stereocenters. The number of urea groups is 1. The van der Waals surface area contributed by atoms with Crippen LogP contribution in [-0.4, -0.2) is 45.5 Å². The van der Waals surface area contributed by atoms with Gasteiger partial charge in [-0.25, -0.2) is 13.2 Å². The number of hydrogen-bond acceptors (Lipinski definition) is 4. The van der Waals surface area contributed by atoms with E-state index in [9.17, 15) is 13.2 Å². The average Bonchev–Trinajstić information content (AvgIpc) is 3.06. The van der Waals surface area contributed by atoms with Crippen molar-refractivity contribution in [1.82, 2.24) is 10.6 Å². The summed E-state index contributed by atoms with van der Waals surface area (Å²) in [7, 11) is -3.42. The Hall–Kier alpha value is -1.60. The van der Waals surface area contributed by atoms with E-state index in [1.54, 1.807) is 30.3 Å². The third kappa shape index (κ3) is 5.51. The second kappa shape index (κ2) is 8.31. The molecule has 128 valence electrons. The molecule has 0 spiro atoms. The SMILES string of the molecule is CC[C@H](CS(=O)(=O)c1ccccc1)NC(=O)NC[C@H]1CCCO1. The zero-order valence-corrected chi connectivity index (χ0v) is 14.1. The summed E-state index contributed by atoms with van der Waals surface area (Å²) >= 11 is 0. The van der Waals surface area contributed by atoms with E-state index in [1.807, 2.05) is 6.92 Å².